The molecule has 0 saturated carbocycles. The van der Waals surface area contributed by atoms with Crippen molar-refractivity contribution in [1.29, 1.82) is 5.26 Å². The first-order chi connectivity index (χ1) is 9.81. The van der Waals surface area contributed by atoms with Gasteiger partial charge in [-0.3, -0.25) is 4.98 Å². The molecule has 1 aromatic carbocycles. The molecule has 0 radical (unpaired) electrons. The number of pyridine rings is 1. The summed E-state index contributed by atoms with van der Waals surface area (Å²) in [4.78, 5) is 15.4. The van der Waals surface area contributed by atoms with E-state index in [1.54, 1.807) is 42.6 Å². The number of nitrogens with zero attached hydrogens (tertiary/aromatic N) is 2. The molecule has 0 spiro atoms. The van der Waals surface area contributed by atoms with Gasteiger partial charge in [-0.1, -0.05) is 24.3 Å². The SMILES string of the molecule is COc1ccccc1C(C#N)C(=C=O)c1ccccn1. The van der Waals surface area contributed by atoms with Crippen molar-refractivity contribution in [2.75, 3.05) is 7.11 Å². The van der Waals surface area contributed by atoms with Crippen LogP contribution >= 0.6 is 0 Å². The van der Waals surface area contributed by atoms with Crippen molar-refractivity contribution in [2.24, 2.45) is 0 Å². The predicted octanol–water partition coefficient (Wildman–Crippen LogP) is 2.61. The molecule has 1 atom stereocenters. The Balaban J connectivity index is 2.53. The maximum absolute atomic E-state index is 11.3. The summed E-state index contributed by atoms with van der Waals surface area (Å²) in [5.41, 5.74) is 1.28. The molecule has 0 fully saturated rings. The van der Waals surface area contributed by atoms with Crippen molar-refractivity contribution in [3.63, 3.8) is 0 Å². The Morgan fingerprint density at radius 2 is 2.00 bits per heavy atom. The third kappa shape index (κ3) is 2.59. The first kappa shape index (κ1) is 13.5. The van der Waals surface area contributed by atoms with Crippen LogP contribution in [0, 0.1) is 11.3 Å². The largest absolute Gasteiger partial charge is 0.496 e. The number of benzene rings is 1. The Hall–Kier alpha value is -2.89. The number of rotatable bonds is 4. The van der Waals surface area contributed by atoms with Gasteiger partial charge in [0.1, 0.15) is 17.6 Å². The molecule has 20 heavy (non-hydrogen) atoms. The van der Waals surface area contributed by atoms with Crippen molar-refractivity contribution in [1.82, 2.24) is 4.98 Å². The average Bonchev–Trinajstić information content (AvgIpc) is 2.53. The van der Waals surface area contributed by atoms with Crippen LogP contribution in [-0.4, -0.2) is 18.0 Å². The smallest absolute Gasteiger partial charge is 0.131 e. The molecule has 98 valence electrons. The lowest BCUT2D eigenvalue weighted by Crippen LogP contribution is -2.04. The highest BCUT2D eigenvalue weighted by molar-refractivity contribution is 5.91. The van der Waals surface area contributed by atoms with Gasteiger partial charge in [0.15, 0.2) is 0 Å². The highest BCUT2D eigenvalue weighted by Crippen LogP contribution is 2.34. The van der Waals surface area contributed by atoms with Crippen LogP contribution in [0.25, 0.3) is 5.57 Å². The Labute approximate surface area is 117 Å². The second kappa shape index (κ2) is 6.33. The van der Waals surface area contributed by atoms with Crippen LogP contribution in [0.2, 0.25) is 0 Å². The molecule has 0 N–H and O–H groups in total. The van der Waals surface area contributed by atoms with E-state index in [4.69, 9.17) is 4.74 Å². The number of hydrogen-bond donors (Lipinski definition) is 0. The molecule has 2 rings (SSSR count). The number of methoxy groups -OCH3 is 1. The summed E-state index contributed by atoms with van der Waals surface area (Å²) in [5.74, 6) is 1.64. The van der Waals surface area contributed by atoms with Crippen molar-refractivity contribution < 1.29 is 9.53 Å². The highest BCUT2D eigenvalue weighted by Gasteiger charge is 2.23. The van der Waals surface area contributed by atoms with Crippen molar-refractivity contribution in [3.8, 4) is 11.8 Å². The Morgan fingerprint density at radius 1 is 1.25 bits per heavy atom. The normalized spacial score (nSPS) is 11.0. The van der Waals surface area contributed by atoms with E-state index in [0.717, 1.165) is 0 Å². The van der Waals surface area contributed by atoms with Crippen LogP contribution in [0.5, 0.6) is 5.75 Å². The fourth-order valence-corrected chi connectivity index (χ4v) is 1.98. The van der Waals surface area contributed by atoms with Gasteiger partial charge in [0.05, 0.1) is 24.4 Å². The van der Waals surface area contributed by atoms with Crippen molar-refractivity contribution in [2.45, 2.75) is 5.92 Å². The fourth-order valence-electron chi connectivity index (χ4n) is 1.98. The molecule has 0 saturated heterocycles. The molecule has 1 unspecified atom stereocenters. The average molecular weight is 264 g/mol. The molecule has 4 heteroatoms. The Kier molecular flexibility index (Phi) is 4.28. The lowest BCUT2D eigenvalue weighted by atomic mass is 9.90. The van der Waals surface area contributed by atoms with Gasteiger partial charge >= 0.3 is 0 Å². The monoisotopic (exact) mass is 264 g/mol. The highest BCUT2D eigenvalue weighted by atomic mass is 16.5. The summed E-state index contributed by atoms with van der Waals surface area (Å²) in [6.45, 7) is 0. The fraction of sp³-hybridized carbons (Fsp3) is 0.125. The minimum absolute atomic E-state index is 0.206. The van der Waals surface area contributed by atoms with Gasteiger partial charge in [0.25, 0.3) is 0 Å². The quantitative estimate of drug-likeness (QED) is 0.796. The van der Waals surface area contributed by atoms with Gasteiger partial charge in [0.2, 0.25) is 0 Å². The molecular weight excluding hydrogens is 252 g/mol. The summed E-state index contributed by atoms with van der Waals surface area (Å²) in [6, 6.07) is 14.4. The van der Waals surface area contributed by atoms with E-state index in [1.807, 2.05) is 12.0 Å². The maximum atomic E-state index is 11.3. The zero-order chi connectivity index (χ0) is 14.4. The van der Waals surface area contributed by atoms with Crippen LogP contribution in [0.15, 0.2) is 48.7 Å². The van der Waals surface area contributed by atoms with Gasteiger partial charge in [-0.25, -0.2) is 4.79 Å². The number of aromatic nitrogens is 1. The molecule has 0 amide bonds. The third-order valence-corrected chi connectivity index (χ3v) is 2.92. The molecule has 0 bridgehead atoms. The summed E-state index contributed by atoms with van der Waals surface area (Å²) < 4.78 is 5.24. The second-order valence-corrected chi connectivity index (χ2v) is 4.03. The van der Waals surface area contributed by atoms with Gasteiger partial charge in [-0.15, -0.1) is 0 Å². The van der Waals surface area contributed by atoms with Crippen molar-refractivity contribution in [3.05, 3.63) is 59.9 Å². The van der Waals surface area contributed by atoms with Crippen LogP contribution < -0.4 is 4.74 Å². The predicted molar refractivity (Wildman–Crippen MR) is 74.7 cm³/mol. The maximum Gasteiger partial charge on any atom is 0.131 e. The zero-order valence-corrected chi connectivity index (χ0v) is 10.9. The number of hydrogen-bond acceptors (Lipinski definition) is 4. The number of para-hydroxylation sites is 1. The summed E-state index contributed by atoms with van der Waals surface area (Å²) in [5, 5.41) is 9.43. The number of ether oxygens (including phenoxy) is 1. The van der Waals surface area contributed by atoms with Gasteiger partial charge < -0.3 is 4.74 Å². The Morgan fingerprint density at radius 3 is 2.60 bits per heavy atom. The molecule has 0 aliphatic heterocycles. The van der Waals surface area contributed by atoms with Crippen LogP contribution in [0.3, 0.4) is 0 Å². The van der Waals surface area contributed by atoms with E-state index >= 15 is 0 Å². The van der Waals surface area contributed by atoms with Crippen molar-refractivity contribution >= 4 is 11.5 Å². The summed E-state index contributed by atoms with van der Waals surface area (Å²) in [7, 11) is 1.53. The summed E-state index contributed by atoms with van der Waals surface area (Å²) in [6.07, 6.45) is 1.57. The lowest BCUT2D eigenvalue weighted by Gasteiger charge is -2.14. The molecule has 1 aromatic heterocycles. The number of nitriles is 1. The number of allylic oxidation sites excluding steroid dienone is 1. The topological polar surface area (TPSA) is 63.0 Å². The second-order valence-electron chi connectivity index (χ2n) is 4.03. The van der Waals surface area contributed by atoms with E-state index in [1.165, 1.54) is 7.11 Å². The summed E-state index contributed by atoms with van der Waals surface area (Å²) >= 11 is 0. The molecule has 4 nitrogen and oxygen atoms in total. The third-order valence-electron chi connectivity index (χ3n) is 2.92. The van der Waals surface area contributed by atoms with Gasteiger partial charge in [-0.2, -0.15) is 5.26 Å². The van der Waals surface area contributed by atoms with Crippen LogP contribution in [0.4, 0.5) is 0 Å². The van der Waals surface area contributed by atoms with Crippen LogP contribution in [0.1, 0.15) is 17.2 Å². The van der Waals surface area contributed by atoms with Gasteiger partial charge in [0, 0.05) is 11.8 Å². The zero-order valence-electron chi connectivity index (χ0n) is 10.9. The van der Waals surface area contributed by atoms with Gasteiger partial charge in [-0.05, 0) is 18.2 Å². The lowest BCUT2D eigenvalue weighted by molar-refractivity contribution is 0.410. The molecular formula is C16H12N2O2. The van der Waals surface area contributed by atoms with E-state index in [-0.39, 0.29) is 5.57 Å². The van der Waals surface area contributed by atoms with E-state index in [9.17, 15) is 10.1 Å². The number of carbonyl (C=O) groups excluding carboxylic acids is 1. The molecule has 0 aliphatic rings. The first-order valence-corrected chi connectivity index (χ1v) is 6.00. The minimum atomic E-state index is -0.765. The minimum Gasteiger partial charge on any atom is -0.496 e. The van der Waals surface area contributed by atoms with Crippen LogP contribution in [-0.2, 0) is 4.79 Å². The van der Waals surface area contributed by atoms with E-state index in [2.05, 4.69) is 11.1 Å². The van der Waals surface area contributed by atoms with E-state index in [0.29, 0.717) is 17.0 Å². The first-order valence-electron chi connectivity index (χ1n) is 6.00. The molecule has 1 heterocycles. The molecule has 0 aliphatic carbocycles. The standard InChI is InChI=1S/C16H12N2O2/c1-20-16-8-3-2-6-12(16)13(10-17)14(11-19)15-7-4-5-9-18-15/h2-9,13H,1H3. The Bertz CT molecular complexity index is 683. The van der Waals surface area contributed by atoms with E-state index < -0.39 is 5.92 Å². The molecule has 2 aromatic rings.